The Bertz CT molecular complexity index is 870. The van der Waals surface area contributed by atoms with Gasteiger partial charge in [0, 0.05) is 35.3 Å². The highest BCUT2D eigenvalue weighted by Crippen LogP contribution is 2.31. The molecule has 0 aliphatic rings. The number of hydrogen-bond donors (Lipinski definition) is 2. The fourth-order valence-corrected chi connectivity index (χ4v) is 3.28. The zero-order chi connectivity index (χ0) is 19.6. The predicted octanol–water partition coefficient (Wildman–Crippen LogP) is 4.69. The van der Waals surface area contributed by atoms with E-state index in [-0.39, 0.29) is 17.1 Å². The molecular formula is C21H21N3O2S. The molecule has 2 amide bonds. The standard InChI is InChI=1S/C21H21N3O2S/c1-15(13-14-22)27-20-6-4-3-5-19(20)24-21(26)12-9-17-7-10-18(11-8-17)23-16(2)25/h3-12,15H,13H2,1-2H3,(H,23,25)(H,24,26)/b12-9+. The summed E-state index contributed by atoms with van der Waals surface area (Å²) in [5, 5.41) is 14.5. The van der Waals surface area contributed by atoms with Crippen LogP contribution in [0.3, 0.4) is 0 Å². The van der Waals surface area contributed by atoms with Crippen molar-refractivity contribution in [3.8, 4) is 6.07 Å². The second kappa shape index (κ2) is 10.2. The number of nitriles is 1. The maximum Gasteiger partial charge on any atom is 0.248 e. The summed E-state index contributed by atoms with van der Waals surface area (Å²) in [6.07, 6.45) is 3.62. The van der Waals surface area contributed by atoms with Crippen LogP contribution in [-0.2, 0) is 9.59 Å². The molecule has 0 bridgehead atoms. The van der Waals surface area contributed by atoms with E-state index < -0.39 is 0 Å². The molecule has 0 heterocycles. The van der Waals surface area contributed by atoms with Gasteiger partial charge in [0.25, 0.3) is 0 Å². The van der Waals surface area contributed by atoms with Crippen LogP contribution in [0, 0.1) is 11.3 Å². The predicted molar refractivity (Wildman–Crippen MR) is 110 cm³/mol. The Kier molecular flexibility index (Phi) is 7.65. The summed E-state index contributed by atoms with van der Waals surface area (Å²) >= 11 is 1.56. The van der Waals surface area contributed by atoms with E-state index in [1.54, 1.807) is 30.0 Å². The topological polar surface area (TPSA) is 82.0 Å². The molecule has 27 heavy (non-hydrogen) atoms. The number of nitrogens with zero attached hydrogens (tertiary/aromatic N) is 1. The molecule has 0 aliphatic carbocycles. The molecule has 1 unspecified atom stereocenters. The van der Waals surface area contributed by atoms with Crippen molar-refractivity contribution in [2.24, 2.45) is 0 Å². The Hall–Kier alpha value is -3.04. The second-order valence-corrected chi connectivity index (χ2v) is 7.39. The average molecular weight is 379 g/mol. The largest absolute Gasteiger partial charge is 0.326 e. The van der Waals surface area contributed by atoms with E-state index in [1.165, 1.54) is 13.0 Å². The van der Waals surface area contributed by atoms with Gasteiger partial charge in [-0.25, -0.2) is 0 Å². The van der Waals surface area contributed by atoms with Crippen LogP contribution in [0.15, 0.2) is 59.5 Å². The van der Waals surface area contributed by atoms with E-state index in [1.807, 2.05) is 43.3 Å². The summed E-state index contributed by atoms with van der Waals surface area (Å²) in [5.41, 5.74) is 2.29. The van der Waals surface area contributed by atoms with Gasteiger partial charge in [-0.15, -0.1) is 11.8 Å². The second-order valence-electron chi connectivity index (χ2n) is 5.91. The van der Waals surface area contributed by atoms with Gasteiger partial charge in [0.2, 0.25) is 11.8 Å². The first-order chi connectivity index (χ1) is 13.0. The lowest BCUT2D eigenvalue weighted by Gasteiger charge is -2.12. The van der Waals surface area contributed by atoms with Crippen LogP contribution >= 0.6 is 11.8 Å². The number of hydrogen-bond acceptors (Lipinski definition) is 4. The highest BCUT2D eigenvalue weighted by molar-refractivity contribution is 8.00. The summed E-state index contributed by atoms with van der Waals surface area (Å²) in [7, 11) is 0. The Morgan fingerprint density at radius 2 is 1.85 bits per heavy atom. The minimum Gasteiger partial charge on any atom is -0.326 e. The van der Waals surface area contributed by atoms with Gasteiger partial charge in [0.15, 0.2) is 0 Å². The summed E-state index contributed by atoms with van der Waals surface area (Å²) in [6, 6.07) is 16.9. The van der Waals surface area contributed by atoms with Crippen LogP contribution in [0.2, 0.25) is 0 Å². The highest BCUT2D eigenvalue weighted by Gasteiger charge is 2.09. The van der Waals surface area contributed by atoms with E-state index in [9.17, 15) is 9.59 Å². The number of carbonyl (C=O) groups is 2. The first-order valence-corrected chi connectivity index (χ1v) is 9.35. The minimum atomic E-state index is -0.234. The molecule has 0 saturated heterocycles. The molecule has 1 atom stereocenters. The molecule has 2 aromatic carbocycles. The molecule has 2 rings (SSSR count). The zero-order valence-corrected chi connectivity index (χ0v) is 16.0. The first kappa shape index (κ1) is 20.3. The van der Waals surface area contributed by atoms with E-state index >= 15 is 0 Å². The summed E-state index contributed by atoms with van der Waals surface area (Å²) < 4.78 is 0. The maximum atomic E-state index is 12.2. The average Bonchev–Trinajstić information content (AvgIpc) is 2.62. The maximum absolute atomic E-state index is 12.2. The van der Waals surface area contributed by atoms with Gasteiger partial charge in [-0.2, -0.15) is 5.26 Å². The number of thioether (sulfide) groups is 1. The van der Waals surface area contributed by atoms with Crippen LogP contribution in [0.4, 0.5) is 11.4 Å². The Balaban J connectivity index is 2.00. The first-order valence-electron chi connectivity index (χ1n) is 8.47. The third kappa shape index (κ3) is 7.00. The molecule has 0 saturated carbocycles. The van der Waals surface area contributed by atoms with Crippen molar-refractivity contribution in [3.05, 3.63) is 60.2 Å². The van der Waals surface area contributed by atoms with Crippen LogP contribution in [0.25, 0.3) is 6.08 Å². The number of amides is 2. The molecule has 138 valence electrons. The minimum absolute atomic E-state index is 0.127. The van der Waals surface area contributed by atoms with Gasteiger partial charge in [-0.1, -0.05) is 31.2 Å². The van der Waals surface area contributed by atoms with Crippen molar-refractivity contribution >= 4 is 41.0 Å². The van der Waals surface area contributed by atoms with Gasteiger partial charge >= 0.3 is 0 Å². The van der Waals surface area contributed by atoms with E-state index in [0.29, 0.717) is 12.1 Å². The molecule has 6 heteroatoms. The van der Waals surface area contributed by atoms with Crippen LogP contribution in [0.1, 0.15) is 25.8 Å². The number of nitrogens with one attached hydrogen (secondary N) is 2. The number of benzene rings is 2. The fraction of sp³-hybridized carbons (Fsp3) is 0.190. The summed E-state index contributed by atoms with van der Waals surface area (Å²) in [5.74, 6) is -0.361. The van der Waals surface area contributed by atoms with E-state index in [4.69, 9.17) is 5.26 Å². The van der Waals surface area contributed by atoms with Crippen LogP contribution < -0.4 is 10.6 Å². The van der Waals surface area contributed by atoms with Crippen LogP contribution in [0.5, 0.6) is 0 Å². The fourth-order valence-electron chi connectivity index (χ4n) is 2.29. The molecule has 2 N–H and O–H groups in total. The normalized spacial score (nSPS) is 11.6. The smallest absolute Gasteiger partial charge is 0.248 e. The Labute approximate surface area is 163 Å². The molecular weight excluding hydrogens is 358 g/mol. The van der Waals surface area contributed by atoms with Gasteiger partial charge in [0.1, 0.15) is 0 Å². The van der Waals surface area contributed by atoms with Crippen molar-refractivity contribution in [2.75, 3.05) is 10.6 Å². The van der Waals surface area contributed by atoms with E-state index in [2.05, 4.69) is 16.7 Å². The molecule has 5 nitrogen and oxygen atoms in total. The molecule has 0 aliphatic heterocycles. The van der Waals surface area contributed by atoms with Gasteiger partial charge in [-0.05, 0) is 35.9 Å². The molecule has 0 fully saturated rings. The number of anilines is 2. The number of para-hydroxylation sites is 1. The zero-order valence-electron chi connectivity index (χ0n) is 15.2. The molecule has 0 spiro atoms. The summed E-state index contributed by atoms with van der Waals surface area (Å²) in [4.78, 5) is 24.2. The van der Waals surface area contributed by atoms with Crippen molar-refractivity contribution < 1.29 is 9.59 Å². The van der Waals surface area contributed by atoms with Crippen molar-refractivity contribution in [1.29, 1.82) is 5.26 Å². The highest BCUT2D eigenvalue weighted by atomic mass is 32.2. The lowest BCUT2D eigenvalue weighted by atomic mass is 10.2. The molecule has 0 aromatic heterocycles. The van der Waals surface area contributed by atoms with Gasteiger partial charge in [0.05, 0.1) is 11.8 Å². The monoisotopic (exact) mass is 379 g/mol. The third-order valence-electron chi connectivity index (χ3n) is 3.51. The van der Waals surface area contributed by atoms with Crippen LogP contribution in [-0.4, -0.2) is 17.1 Å². The lowest BCUT2D eigenvalue weighted by Crippen LogP contribution is -2.09. The lowest BCUT2D eigenvalue weighted by molar-refractivity contribution is -0.114. The van der Waals surface area contributed by atoms with Gasteiger partial charge in [-0.3, -0.25) is 9.59 Å². The Morgan fingerprint density at radius 3 is 2.52 bits per heavy atom. The number of carbonyl (C=O) groups excluding carboxylic acids is 2. The summed E-state index contributed by atoms with van der Waals surface area (Å²) in [6.45, 7) is 3.44. The third-order valence-corrected chi connectivity index (χ3v) is 4.69. The van der Waals surface area contributed by atoms with Crippen molar-refractivity contribution in [2.45, 2.75) is 30.4 Å². The van der Waals surface area contributed by atoms with E-state index in [0.717, 1.165) is 16.1 Å². The molecule has 0 radical (unpaired) electrons. The molecule has 2 aromatic rings. The van der Waals surface area contributed by atoms with Crippen molar-refractivity contribution in [3.63, 3.8) is 0 Å². The van der Waals surface area contributed by atoms with Gasteiger partial charge < -0.3 is 10.6 Å². The van der Waals surface area contributed by atoms with Crippen molar-refractivity contribution in [1.82, 2.24) is 0 Å². The Morgan fingerprint density at radius 1 is 1.15 bits per heavy atom. The number of rotatable bonds is 7. The quantitative estimate of drug-likeness (QED) is 0.540. The SMILES string of the molecule is CC(=O)Nc1ccc(/C=C/C(=O)Nc2ccccc2SC(C)CC#N)cc1.